The van der Waals surface area contributed by atoms with Crippen molar-refractivity contribution in [3.63, 3.8) is 0 Å². The minimum atomic E-state index is -5.11. The highest BCUT2D eigenvalue weighted by Gasteiger charge is 2.50. The summed E-state index contributed by atoms with van der Waals surface area (Å²) in [6.07, 6.45) is -7.05. The van der Waals surface area contributed by atoms with Crippen LogP contribution in [0.2, 0.25) is 10.0 Å². The van der Waals surface area contributed by atoms with Gasteiger partial charge in [-0.2, -0.15) is 26.3 Å². The van der Waals surface area contributed by atoms with Gasteiger partial charge in [-0.25, -0.2) is 0 Å². The molecule has 6 rings (SSSR count). The summed E-state index contributed by atoms with van der Waals surface area (Å²) in [6, 6.07) is 14.1. The molecule has 2 atom stereocenters. The van der Waals surface area contributed by atoms with Crippen LogP contribution in [0.25, 0.3) is 0 Å². The zero-order chi connectivity index (χ0) is 41.2. The summed E-state index contributed by atoms with van der Waals surface area (Å²) in [5.41, 5.74) is -2.37. The highest BCUT2D eigenvalue weighted by Crippen LogP contribution is 2.48. The zero-order valence-corrected chi connectivity index (χ0v) is 35.7. The Morgan fingerprint density at radius 2 is 1.59 bits per heavy atom. The molecule has 0 aromatic heterocycles. The fraction of sp³-hybridized carbons (Fsp3) is 0.512. The monoisotopic (exact) mass is 914 g/mol. The minimum Gasteiger partial charge on any atom is -0.367 e. The van der Waals surface area contributed by atoms with Crippen LogP contribution >= 0.6 is 48.0 Å². The summed E-state index contributed by atoms with van der Waals surface area (Å²) in [6.45, 7) is 3.02. The lowest BCUT2D eigenvalue weighted by Crippen LogP contribution is -2.54. The number of halogens is 10. The number of amides is 2. The number of benzene rings is 3. The largest absolute Gasteiger partial charge is 0.416 e. The third-order valence-corrected chi connectivity index (χ3v) is 12.4. The van der Waals surface area contributed by atoms with E-state index in [0.717, 1.165) is 25.8 Å². The highest BCUT2D eigenvalue weighted by atomic mass is 35.5. The quantitative estimate of drug-likeness (QED) is 0.145. The van der Waals surface area contributed by atoms with Gasteiger partial charge in [-0.1, -0.05) is 53.5 Å². The topological polar surface area (TPSA) is 74.4 Å². The minimum absolute atomic E-state index is 0. The molecule has 18 heteroatoms. The molecule has 2 amide bonds. The summed E-state index contributed by atoms with van der Waals surface area (Å²) in [4.78, 5) is 32.0. The molecule has 0 unspecified atom stereocenters. The molecule has 2 saturated heterocycles. The Bertz CT molecular complexity index is 1900. The lowest BCUT2D eigenvalue weighted by Gasteiger charge is -2.46. The molecular weight excluding hydrogens is 868 g/mol. The number of rotatable bonds is 12. The fourth-order valence-corrected chi connectivity index (χ4v) is 8.74. The number of hydrogen-bond acceptors (Lipinski definition) is 6. The molecule has 1 N–H and O–H groups in total. The normalized spacial score (nSPS) is 20.4. The van der Waals surface area contributed by atoms with Gasteiger partial charge in [0.1, 0.15) is 12.2 Å². The van der Waals surface area contributed by atoms with Crippen LogP contribution in [0.1, 0.15) is 63.9 Å². The molecule has 0 bridgehead atoms. The molecule has 1 spiro atoms. The zero-order valence-electron chi connectivity index (χ0n) is 32.6. The van der Waals surface area contributed by atoms with Crippen LogP contribution in [0, 0.1) is 0 Å². The Balaban J connectivity index is 0.00000384. The van der Waals surface area contributed by atoms with Gasteiger partial charge in [0.15, 0.2) is 0 Å². The van der Waals surface area contributed by atoms with Gasteiger partial charge in [-0.15, -0.1) is 24.8 Å². The Kier molecular flexibility index (Phi) is 16.5. The number of nitrogens with one attached hydrogen (secondary N) is 1. The van der Waals surface area contributed by atoms with E-state index in [1.54, 1.807) is 30.1 Å². The van der Waals surface area contributed by atoms with E-state index in [0.29, 0.717) is 56.7 Å². The molecule has 0 saturated carbocycles. The molecule has 1 aliphatic carbocycles. The first-order valence-corrected chi connectivity index (χ1v) is 19.7. The van der Waals surface area contributed by atoms with E-state index >= 15 is 0 Å². The van der Waals surface area contributed by atoms with Crippen LogP contribution in [0.5, 0.6) is 0 Å². The summed E-state index contributed by atoms with van der Waals surface area (Å²) < 4.78 is 95.1. The number of likely N-dealkylation sites (N-methyl/N-ethyl adjacent to an activating group) is 1. The molecule has 3 aromatic carbocycles. The van der Waals surface area contributed by atoms with Crippen molar-refractivity contribution in [3.05, 3.63) is 104 Å². The van der Waals surface area contributed by atoms with Crippen LogP contribution in [0.3, 0.4) is 0 Å². The van der Waals surface area contributed by atoms with Crippen molar-refractivity contribution in [1.82, 2.24) is 20.0 Å². The number of carbonyl (C=O) groups is 2. The fourth-order valence-electron chi connectivity index (χ4n) is 8.44. The lowest BCUT2D eigenvalue weighted by atomic mass is 9.72. The number of nitrogens with zero attached hydrogens (tertiary/aromatic N) is 3. The number of carbonyl (C=O) groups excluding carboxylic acids is 2. The number of piperidine rings is 1. The van der Waals surface area contributed by atoms with Gasteiger partial charge in [0.05, 0.1) is 40.4 Å². The number of likely N-dealkylation sites (tertiary alicyclic amines) is 1. The average molecular weight is 917 g/mol. The Labute approximate surface area is 362 Å². The van der Waals surface area contributed by atoms with Crippen LogP contribution in [0.15, 0.2) is 60.7 Å². The number of fused-ring (bicyclic) bond motifs is 2. The van der Waals surface area contributed by atoms with Gasteiger partial charge in [0.2, 0.25) is 5.91 Å². The number of alkyl halides is 6. The second kappa shape index (κ2) is 19.9. The molecule has 59 heavy (non-hydrogen) atoms. The number of hydrogen-bond donors (Lipinski definition) is 1. The van der Waals surface area contributed by atoms with E-state index in [-0.39, 0.29) is 84.7 Å². The molecule has 3 aliphatic rings. The first kappa shape index (κ1) is 48.8. The summed E-state index contributed by atoms with van der Waals surface area (Å²) >= 11 is 12.7. The molecule has 8 nitrogen and oxygen atoms in total. The van der Waals surface area contributed by atoms with Crippen molar-refractivity contribution in [2.75, 3.05) is 73.1 Å². The smallest absolute Gasteiger partial charge is 0.367 e. The maximum absolute atomic E-state index is 13.8. The standard InChI is InChI=1S/C41H46Cl2F6N4O4.2ClH/c1-50-13-5-14-51(2)36(54)25-56-35-22-27-6-3-4-7-32(27)38(35)10-15-52(16-11-38)17-12-39(29-8-9-33(42)34(43)24-29)26-53(18-19-57-39)37(55)28-20-30(40(44,45)46)23-31(21-28)41(47,48)49;;/h3-4,6-9,20-21,23-24,35,50H,5,10-19,22,25-26H2,1-2H3;2*1H/t35-,39+;;/m0../s1. The molecule has 2 fully saturated rings. The Hall–Kier alpha value is -2.82. The van der Waals surface area contributed by atoms with Crippen LogP contribution < -0.4 is 5.32 Å². The third-order valence-electron chi connectivity index (χ3n) is 11.7. The van der Waals surface area contributed by atoms with E-state index in [2.05, 4.69) is 22.3 Å². The van der Waals surface area contributed by atoms with E-state index in [1.165, 1.54) is 16.0 Å². The number of ether oxygens (including phenoxy) is 2. The molecule has 2 heterocycles. The Morgan fingerprint density at radius 1 is 0.932 bits per heavy atom. The van der Waals surface area contributed by atoms with Gasteiger partial charge < -0.3 is 29.5 Å². The van der Waals surface area contributed by atoms with E-state index < -0.39 is 40.6 Å². The predicted octanol–water partition coefficient (Wildman–Crippen LogP) is 8.68. The van der Waals surface area contributed by atoms with Crippen molar-refractivity contribution in [1.29, 1.82) is 0 Å². The predicted molar refractivity (Wildman–Crippen MR) is 219 cm³/mol. The number of morpholine rings is 1. The van der Waals surface area contributed by atoms with E-state index in [9.17, 15) is 35.9 Å². The van der Waals surface area contributed by atoms with Gasteiger partial charge in [-0.05, 0) is 106 Å². The molecule has 3 aromatic rings. The molecular formula is C41H48Cl4F6N4O4. The SMILES string of the molecule is CNCCCN(C)C(=O)CO[C@H]1Cc2ccccc2C12CCN(CC[C@]1(c3ccc(Cl)c(Cl)c3)CN(C(=O)c3cc(C(F)(F)F)cc(C(F)(F)F)c3)CCO1)CC2.Cl.Cl. The van der Waals surface area contributed by atoms with Crippen molar-refractivity contribution in [3.8, 4) is 0 Å². The van der Waals surface area contributed by atoms with Gasteiger partial charge >= 0.3 is 12.4 Å². The molecule has 0 radical (unpaired) electrons. The maximum atomic E-state index is 13.8. The van der Waals surface area contributed by atoms with Crippen LogP contribution in [0.4, 0.5) is 26.3 Å². The summed E-state index contributed by atoms with van der Waals surface area (Å²) in [5.74, 6) is -1.05. The second-order valence-electron chi connectivity index (χ2n) is 15.2. The van der Waals surface area contributed by atoms with Crippen LogP contribution in [-0.2, 0) is 44.1 Å². The summed E-state index contributed by atoms with van der Waals surface area (Å²) in [7, 11) is 3.65. The highest BCUT2D eigenvalue weighted by molar-refractivity contribution is 6.42. The van der Waals surface area contributed by atoms with E-state index in [4.69, 9.17) is 32.7 Å². The van der Waals surface area contributed by atoms with Crippen molar-refractivity contribution in [2.45, 2.75) is 61.6 Å². The van der Waals surface area contributed by atoms with Crippen LogP contribution in [-0.4, -0.2) is 106 Å². The summed E-state index contributed by atoms with van der Waals surface area (Å²) in [5, 5.41) is 3.59. The second-order valence-corrected chi connectivity index (χ2v) is 16.0. The Morgan fingerprint density at radius 3 is 2.22 bits per heavy atom. The third kappa shape index (κ3) is 11.0. The van der Waals surface area contributed by atoms with Gasteiger partial charge in [-0.3, -0.25) is 9.59 Å². The average Bonchev–Trinajstić information content (AvgIpc) is 3.48. The maximum Gasteiger partial charge on any atom is 0.416 e. The molecule has 326 valence electrons. The van der Waals surface area contributed by atoms with Gasteiger partial charge in [0, 0.05) is 37.7 Å². The lowest BCUT2D eigenvalue weighted by molar-refractivity contribution is -0.143. The first-order valence-electron chi connectivity index (χ1n) is 18.9. The van der Waals surface area contributed by atoms with Crippen molar-refractivity contribution < 1.29 is 45.4 Å². The van der Waals surface area contributed by atoms with E-state index in [1.807, 2.05) is 19.2 Å². The van der Waals surface area contributed by atoms with Crippen molar-refractivity contribution in [2.24, 2.45) is 0 Å². The molecule has 2 aliphatic heterocycles. The van der Waals surface area contributed by atoms with Crippen molar-refractivity contribution >= 4 is 59.8 Å². The first-order chi connectivity index (χ1) is 27.0. The van der Waals surface area contributed by atoms with Gasteiger partial charge in [0.25, 0.3) is 5.91 Å².